The van der Waals surface area contributed by atoms with Crippen LogP contribution in [0.4, 0.5) is 18.0 Å². The summed E-state index contributed by atoms with van der Waals surface area (Å²) in [5.41, 5.74) is -3.15. The summed E-state index contributed by atoms with van der Waals surface area (Å²) < 4.78 is 78.6. The summed E-state index contributed by atoms with van der Waals surface area (Å²) in [7, 11) is -4.10. The third-order valence-corrected chi connectivity index (χ3v) is 16.3. The molecule has 5 atom stereocenters. The second-order valence-electron chi connectivity index (χ2n) is 18.7. The van der Waals surface area contributed by atoms with Gasteiger partial charge in [0.1, 0.15) is 23.2 Å². The minimum atomic E-state index is -4.91. The van der Waals surface area contributed by atoms with Gasteiger partial charge in [-0.25, -0.2) is 18.2 Å². The van der Waals surface area contributed by atoms with Crippen LogP contribution < -0.4 is 14.8 Å². The van der Waals surface area contributed by atoms with Crippen LogP contribution in [0.25, 0.3) is 10.9 Å². The van der Waals surface area contributed by atoms with Crippen LogP contribution in [0.15, 0.2) is 30.4 Å². The zero-order chi connectivity index (χ0) is 44.2. The van der Waals surface area contributed by atoms with E-state index in [-0.39, 0.29) is 50.7 Å². The zero-order valence-corrected chi connectivity index (χ0v) is 36.2. The Morgan fingerprint density at radius 3 is 2.52 bits per heavy atom. The maximum absolute atomic E-state index is 15.2. The van der Waals surface area contributed by atoms with Crippen molar-refractivity contribution in [3.8, 4) is 5.75 Å². The number of pyridine rings is 1. The number of hydrogen-bond acceptors (Lipinski definition) is 9. The minimum absolute atomic E-state index is 0.0517. The van der Waals surface area contributed by atoms with Crippen molar-refractivity contribution in [1.29, 1.82) is 0 Å². The lowest BCUT2D eigenvalue weighted by molar-refractivity contribution is -0.145. The normalized spacial score (nSPS) is 29.6. The first-order valence-electron chi connectivity index (χ1n) is 22.1. The van der Waals surface area contributed by atoms with Crippen LogP contribution in [0.3, 0.4) is 0 Å². The Labute approximate surface area is 360 Å². The van der Waals surface area contributed by atoms with Crippen molar-refractivity contribution in [2.45, 2.75) is 144 Å². The number of ether oxygens (including phenoxy) is 1. The molecule has 3 N–H and O–H groups in total. The number of halogens is 3. The monoisotopic (exact) mass is 886 g/mol. The van der Waals surface area contributed by atoms with E-state index >= 15 is 4.79 Å². The molecule has 8 rings (SSSR count). The number of benzene rings is 1. The predicted molar refractivity (Wildman–Crippen MR) is 223 cm³/mol. The van der Waals surface area contributed by atoms with Gasteiger partial charge in [-0.2, -0.15) is 13.2 Å². The second-order valence-corrected chi connectivity index (χ2v) is 20.9. The molecule has 1 aromatic heterocycles. The summed E-state index contributed by atoms with van der Waals surface area (Å²) in [6.45, 7) is 5.54. The molecule has 0 radical (unpaired) electrons. The van der Waals surface area contributed by atoms with Gasteiger partial charge in [0.25, 0.3) is 5.91 Å². The maximum Gasteiger partial charge on any atom is 0.437 e. The molecule has 2 aromatic rings. The van der Waals surface area contributed by atoms with Gasteiger partial charge in [0.2, 0.25) is 21.8 Å². The van der Waals surface area contributed by atoms with Gasteiger partial charge in [0.15, 0.2) is 11.4 Å². The number of allylic oxidation sites excluding steroid dienone is 1. The number of likely N-dealkylation sites (tertiary alicyclic amines) is 1. The lowest BCUT2D eigenvalue weighted by Gasteiger charge is -2.37. The standard InChI is InChI=1S/C44H57F3N6O8S/c1-28-14-15-32-31(24-28)30-16-17-42(61-35(30)36(48-32)44(45,46)47)26-34-37(54)49-43(39(56)50-62(59,60)41(2)18-19-41)25-29(43)12-7-4-3-5-8-13-33(38(55)53(34)27-42)52(40(57)58)23-11-22-51-20-9-6-10-21-51/h7,12,14-15,24,29,33-34H,3-6,8-11,13,16-23,25-27H2,1-2H3,(H,49,54)(H,50,56)(H,57,58)/b12-7-/t29-,33+,34+,42-,43-/m1/s1. The molecule has 62 heavy (non-hydrogen) atoms. The molecule has 4 aliphatic heterocycles. The minimum Gasteiger partial charge on any atom is -0.483 e. The number of rotatable bonds is 8. The van der Waals surface area contributed by atoms with E-state index in [9.17, 15) is 41.1 Å². The molecule has 4 fully saturated rings. The van der Waals surface area contributed by atoms with Crippen LogP contribution in [-0.2, 0) is 37.0 Å². The number of carbonyl (C=O) groups is 4. The van der Waals surface area contributed by atoms with Gasteiger partial charge in [0, 0.05) is 29.8 Å². The summed E-state index contributed by atoms with van der Waals surface area (Å²) in [5, 5.41) is 14.0. The lowest BCUT2D eigenvalue weighted by atomic mass is 9.86. The smallest absolute Gasteiger partial charge is 0.437 e. The Kier molecular flexibility index (Phi) is 11.8. The molecule has 2 saturated heterocycles. The van der Waals surface area contributed by atoms with Crippen LogP contribution in [0.2, 0.25) is 0 Å². The molecule has 6 aliphatic rings. The van der Waals surface area contributed by atoms with E-state index < -0.39 is 85.3 Å². The SMILES string of the molecule is Cc1ccc2nc(C(F)(F)F)c3c(c2c1)CC[C@]1(C[C@H]2C(=O)N[C@]4(C(=O)NS(=O)(=O)C5(C)CC5)C[C@H]4/C=C\CCCCC[C@H](N(CCCN4CCCCC4)C(=O)O)C(=O)N2C1)O3. The van der Waals surface area contributed by atoms with Gasteiger partial charge >= 0.3 is 12.3 Å². The van der Waals surface area contributed by atoms with Crippen molar-refractivity contribution in [1.82, 2.24) is 29.7 Å². The Bertz CT molecular complexity index is 2260. The van der Waals surface area contributed by atoms with Crippen molar-refractivity contribution < 1.29 is 50.6 Å². The number of aromatic nitrogens is 1. The summed E-state index contributed by atoms with van der Waals surface area (Å²) >= 11 is 0. The number of hydrogen-bond donors (Lipinski definition) is 3. The summed E-state index contributed by atoms with van der Waals surface area (Å²) in [5.74, 6) is -3.43. The predicted octanol–water partition coefficient (Wildman–Crippen LogP) is 5.85. The van der Waals surface area contributed by atoms with Gasteiger partial charge in [-0.05, 0) is 116 Å². The molecule has 14 nitrogen and oxygen atoms in total. The number of carbonyl (C=O) groups excluding carboxylic acids is 3. The van der Waals surface area contributed by atoms with Crippen LogP contribution >= 0.6 is 0 Å². The Morgan fingerprint density at radius 1 is 1.06 bits per heavy atom. The molecule has 338 valence electrons. The molecule has 1 spiro atoms. The van der Waals surface area contributed by atoms with Crippen molar-refractivity contribution in [2.75, 3.05) is 32.7 Å². The van der Waals surface area contributed by atoms with Gasteiger partial charge in [-0.1, -0.05) is 43.0 Å². The number of amides is 4. The Hall–Kier alpha value is -4.45. The van der Waals surface area contributed by atoms with E-state index in [1.165, 1.54) is 17.9 Å². The molecule has 2 saturated carbocycles. The number of nitrogens with zero attached hydrogens (tertiary/aromatic N) is 4. The average molecular weight is 887 g/mol. The third kappa shape index (κ3) is 8.61. The van der Waals surface area contributed by atoms with Gasteiger partial charge in [0.05, 0.1) is 16.8 Å². The fourth-order valence-corrected chi connectivity index (χ4v) is 11.3. The van der Waals surface area contributed by atoms with Crippen LogP contribution in [0.5, 0.6) is 5.75 Å². The van der Waals surface area contributed by atoms with Crippen molar-refractivity contribution in [3.05, 3.63) is 47.2 Å². The first-order valence-corrected chi connectivity index (χ1v) is 23.6. The topological polar surface area (TPSA) is 179 Å². The van der Waals surface area contributed by atoms with Crippen LogP contribution in [0.1, 0.15) is 114 Å². The quantitative estimate of drug-likeness (QED) is 0.273. The summed E-state index contributed by atoms with van der Waals surface area (Å²) in [6.07, 6.45) is 4.55. The van der Waals surface area contributed by atoms with E-state index in [4.69, 9.17) is 4.74 Å². The molecular weight excluding hydrogens is 830 g/mol. The maximum atomic E-state index is 15.2. The van der Waals surface area contributed by atoms with Gasteiger partial charge < -0.3 is 25.0 Å². The second kappa shape index (κ2) is 16.6. The number of sulfonamides is 1. The highest BCUT2D eigenvalue weighted by Gasteiger charge is 2.64. The molecule has 4 amide bonds. The van der Waals surface area contributed by atoms with Crippen LogP contribution in [0, 0.1) is 12.8 Å². The van der Waals surface area contributed by atoms with Crippen molar-refractivity contribution in [3.63, 3.8) is 0 Å². The molecule has 5 heterocycles. The fraction of sp³-hybridized carbons (Fsp3) is 0.659. The lowest BCUT2D eigenvalue weighted by Crippen LogP contribution is -2.59. The van der Waals surface area contributed by atoms with E-state index in [2.05, 4.69) is 19.9 Å². The van der Waals surface area contributed by atoms with Crippen molar-refractivity contribution >= 4 is 44.7 Å². The largest absolute Gasteiger partial charge is 0.483 e. The summed E-state index contributed by atoms with van der Waals surface area (Å²) in [6, 6.07) is 2.34. The molecule has 0 bridgehead atoms. The number of carboxylic acid groups (broad SMARTS) is 1. The Balaban J connectivity index is 1.16. The van der Waals surface area contributed by atoms with Gasteiger partial charge in [-0.15, -0.1) is 0 Å². The number of piperidine rings is 1. The number of aryl methyl sites for hydroxylation is 2. The molecule has 0 unspecified atom stereocenters. The number of alkyl halides is 3. The van der Waals surface area contributed by atoms with E-state index in [0.29, 0.717) is 62.4 Å². The highest BCUT2D eigenvalue weighted by molar-refractivity contribution is 7.91. The molecule has 2 aliphatic carbocycles. The fourth-order valence-electron chi connectivity index (χ4n) is 10.0. The molecular formula is C44H57F3N6O8S. The first kappa shape index (κ1) is 44.2. The zero-order valence-electron chi connectivity index (χ0n) is 35.4. The van der Waals surface area contributed by atoms with E-state index in [0.717, 1.165) is 42.8 Å². The number of fused-ring (bicyclic) bond motifs is 5. The third-order valence-electron chi connectivity index (χ3n) is 14.1. The van der Waals surface area contributed by atoms with Gasteiger partial charge in [-0.3, -0.25) is 24.0 Å². The highest BCUT2D eigenvalue weighted by atomic mass is 32.2. The van der Waals surface area contributed by atoms with Crippen molar-refractivity contribution in [2.24, 2.45) is 5.92 Å². The highest BCUT2D eigenvalue weighted by Crippen LogP contribution is 2.50. The van der Waals surface area contributed by atoms with Crippen LogP contribution in [-0.4, -0.2) is 118 Å². The van der Waals surface area contributed by atoms with E-state index in [1.54, 1.807) is 18.2 Å². The van der Waals surface area contributed by atoms with E-state index in [1.807, 2.05) is 13.0 Å². The average Bonchev–Trinajstić information content (AvgIpc) is 4.11. The Morgan fingerprint density at radius 2 is 1.81 bits per heavy atom. The first-order chi connectivity index (χ1) is 29.4. The number of nitrogens with one attached hydrogen (secondary N) is 2. The molecule has 18 heteroatoms. The summed E-state index contributed by atoms with van der Waals surface area (Å²) in [4.78, 5) is 65.7. The molecule has 1 aromatic carbocycles.